The fourth-order valence-corrected chi connectivity index (χ4v) is 2.48. The van der Waals surface area contributed by atoms with Gasteiger partial charge in [-0.2, -0.15) is 5.10 Å². The van der Waals surface area contributed by atoms with Crippen molar-refractivity contribution in [2.75, 3.05) is 0 Å². The number of hydrogen-bond donors (Lipinski definition) is 2. The van der Waals surface area contributed by atoms with E-state index in [2.05, 4.69) is 10.5 Å². The van der Waals surface area contributed by atoms with Gasteiger partial charge < -0.3 is 9.84 Å². The van der Waals surface area contributed by atoms with Gasteiger partial charge in [-0.3, -0.25) is 4.79 Å². The minimum absolute atomic E-state index is 0.116. The van der Waals surface area contributed by atoms with Crippen molar-refractivity contribution >= 4 is 18.1 Å². The van der Waals surface area contributed by atoms with Gasteiger partial charge >= 0.3 is 5.97 Å². The maximum atomic E-state index is 12.2. The van der Waals surface area contributed by atoms with Gasteiger partial charge in [0, 0.05) is 0 Å². The summed E-state index contributed by atoms with van der Waals surface area (Å²) >= 11 is 0. The van der Waals surface area contributed by atoms with Gasteiger partial charge in [-0.05, 0) is 60.5 Å². The molecule has 3 rings (SSSR count). The highest BCUT2D eigenvalue weighted by atomic mass is 16.5. The molecule has 28 heavy (non-hydrogen) atoms. The summed E-state index contributed by atoms with van der Waals surface area (Å²) < 4.78 is 5.37. The Morgan fingerprint density at radius 1 is 0.929 bits per heavy atom. The van der Waals surface area contributed by atoms with E-state index in [1.165, 1.54) is 18.3 Å². The number of aromatic hydroxyl groups is 1. The van der Waals surface area contributed by atoms with E-state index in [9.17, 15) is 14.7 Å². The van der Waals surface area contributed by atoms with Crippen molar-refractivity contribution in [2.45, 2.75) is 6.92 Å². The van der Waals surface area contributed by atoms with Crippen molar-refractivity contribution in [1.29, 1.82) is 0 Å². The molecule has 6 nitrogen and oxygen atoms in total. The minimum atomic E-state index is -0.516. The Bertz CT molecular complexity index is 1030. The average molecular weight is 374 g/mol. The highest BCUT2D eigenvalue weighted by Crippen LogP contribution is 2.16. The van der Waals surface area contributed by atoms with E-state index in [-0.39, 0.29) is 11.3 Å². The Morgan fingerprint density at radius 2 is 1.57 bits per heavy atom. The van der Waals surface area contributed by atoms with Crippen LogP contribution in [0.15, 0.2) is 77.9 Å². The van der Waals surface area contributed by atoms with Gasteiger partial charge in [0.05, 0.1) is 17.3 Å². The molecule has 0 unspecified atom stereocenters. The quantitative estimate of drug-likeness (QED) is 0.309. The Morgan fingerprint density at radius 3 is 2.25 bits per heavy atom. The zero-order valence-corrected chi connectivity index (χ0v) is 15.1. The van der Waals surface area contributed by atoms with E-state index >= 15 is 0 Å². The molecular weight excluding hydrogens is 356 g/mol. The SMILES string of the molecule is Cc1ccccc1C(=O)Oc1ccc(/C=N/NC(=O)c2ccccc2O)cc1. The largest absolute Gasteiger partial charge is 0.507 e. The predicted molar refractivity (Wildman–Crippen MR) is 106 cm³/mol. The number of hydrogen-bond acceptors (Lipinski definition) is 5. The third-order valence-corrected chi connectivity index (χ3v) is 3.98. The number of ether oxygens (including phenoxy) is 1. The van der Waals surface area contributed by atoms with Crippen LogP contribution < -0.4 is 10.2 Å². The average Bonchev–Trinajstić information content (AvgIpc) is 2.70. The molecule has 1 amide bonds. The number of phenols is 1. The van der Waals surface area contributed by atoms with E-state index in [1.807, 2.05) is 19.1 Å². The number of carbonyl (C=O) groups excluding carboxylic acids is 2. The molecule has 0 radical (unpaired) electrons. The third-order valence-electron chi connectivity index (χ3n) is 3.98. The van der Waals surface area contributed by atoms with Crippen LogP contribution in [0.2, 0.25) is 0 Å². The van der Waals surface area contributed by atoms with Crippen LogP contribution in [-0.4, -0.2) is 23.2 Å². The molecule has 0 saturated heterocycles. The first kappa shape index (κ1) is 18.8. The van der Waals surface area contributed by atoms with E-state index in [0.717, 1.165) is 5.56 Å². The lowest BCUT2D eigenvalue weighted by molar-refractivity contribution is 0.0733. The molecule has 2 N–H and O–H groups in total. The van der Waals surface area contributed by atoms with Gasteiger partial charge in [-0.1, -0.05) is 30.3 Å². The van der Waals surface area contributed by atoms with Crippen LogP contribution in [0.5, 0.6) is 11.5 Å². The summed E-state index contributed by atoms with van der Waals surface area (Å²) in [7, 11) is 0. The number of aryl methyl sites for hydroxylation is 1. The second-order valence-corrected chi connectivity index (χ2v) is 5.99. The molecule has 0 bridgehead atoms. The number of phenolic OH excluding ortho intramolecular Hbond substituents is 1. The minimum Gasteiger partial charge on any atom is -0.507 e. The molecule has 0 aliphatic rings. The van der Waals surface area contributed by atoms with Crippen LogP contribution in [-0.2, 0) is 0 Å². The monoisotopic (exact) mass is 374 g/mol. The Labute approximate surface area is 162 Å². The number of para-hydroxylation sites is 1. The van der Waals surface area contributed by atoms with Crippen LogP contribution in [0.3, 0.4) is 0 Å². The van der Waals surface area contributed by atoms with Gasteiger partial charge in [0.1, 0.15) is 11.5 Å². The number of nitrogens with zero attached hydrogens (tertiary/aromatic N) is 1. The molecule has 0 fully saturated rings. The summed E-state index contributed by atoms with van der Waals surface area (Å²) in [5.74, 6) is -0.647. The van der Waals surface area contributed by atoms with Gasteiger partial charge in [-0.15, -0.1) is 0 Å². The van der Waals surface area contributed by atoms with Gasteiger partial charge in [0.15, 0.2) is 0 Å². The highest BCUT2D eigenvalue weighted by molar-refractivity contribution is 5.97. The van der Waals surface area contributed by atoms with E-state index in [1.54, 1.807) is 48.5 Å². The predicted octanol–water partition coefficient (Wildman–Crippen LogP) is 3.68. The fraction of sp³-hybridized carbons (Fsp3) is 0.0455. The normalized spacial score (nSPS) is 10.6. The van der Waals surface area contributed by atoms with Crippen LogP contribution in [0.25, 0.3) is 0 Å². The molecule has 3 aromatic rings. The number of amides is 1. The van der Waals surface area contributed by atoms with Crippen molar-refractivity contribution in [3.63, 3.8) is 0 Å². The first-order chi connectivity index (χ1) is 13.5. The molecule has 0 aliphatic carbocycles. The zero-order chi connectivity index (χ0) is 19.9. The van der Waals surface area contributed by atoms with Crippen molar-refractivity contribution in [3.8, 4) is 11.5 Å². The summed E-state index contributed by atoms with van der Waals surface area (Å²) in [5.41, 5.74) is 4.55. The van der Waals surface area contributed by atoms with E-state index in [0.29, 0.717) is 16.9 Å². The van der Waals surface area contributed by atoms with Crippen molar-refractivity contribution < 1.29 is 19.4 Å². The summed E-state index contributed by atoms with van der Waals surface area (Å²) in [4.78, 5) is 24.2. The van der Waals surface area contributed by atoms with Crippen molar-refractivity contribution in [1.82, 2.24) is 5.43 Å². The maximum Gasteiger partial charge on any atom is 0.343 e. The third kappa shape index (κ3) is 4.62. The van der Waals surface area contributed by atoms with Crippen LogP contribution in [0, 0.1) is 6.92 Å². The van der Waals surface area contributed by atoms with Crippen molar-refractivity contribution in [3.05, 3.63) is 95.1 Å². The molecule has 0 aromatic heterocycles. The van der Waals surface area contributed by atoms with E-state index < -0.39 is 11.9 Å². The second kappa shape index (κ2) is 8.64. The number of hydrazone groups is 1. The molecule has 6 heteroatoms. The first-order valence-electron chi connectivity index (χ1n) is 8.54. The number of rotatable bonds is 5. The molecule has 0 heterocycles. The lowest BCUT2D eigenvalue weighted by atomic mass is 10.1. The number of carbonyl (C=O) groups is 2. The first-order valence-corrected chi connectivity index (χ1v) is 8.54. The van der Waals surface area contributed by atoms with Crippen LogP contribution in [0.4, 0.5) is 0 Å². The second-order valence-electron chi connectivity index (χ2n) is 5.99. The molecule has 3 aromatic carbocycles. The lowest BCUT2D eigenvalue weighted by Gasteiger charge is -2.06. The fourth-order valence-electron chi connectivity index (χ4n) is 2.48. The Hall–Kier alpha value is -3.93. The molecule has 0 saturated carbocycles. The summed E-state index contributed by atoms with van der Waals surface area (Å²) in [5, 5.41) is 13.5. The smallest absolute Gasteiger partial charge is 0.343 e. The van der Waals surface area contributed by atoms with Crippen molar-refractivity contribution in [2.24, 2.45) is 5.10 Å². The molecule has 0 atom stereocenters. The molecule has 0 spiro atoms. The Kier molecular flexibility index (Phi) is 5.81. The number of esters is 1. The molecular formula is C22H18N2O4. The molecule has 0 aliphatic heterocycles. The molecule has 140 valence electrons. The summed E-state index contributed by atoms with van der Waals surface area (Å²) in [6.45, 7) is 1.85. The van der Waals surface area contributed by atoms with Gasteiger partial charge in [0.25, 0.3) is 5.91 Å². The maximum absolute atomic E-state index is 12.2. The summed E-state index contributed by atoms with van der Waals surface area (Å²) in [6, 6.07) is 20.1. The van der Waals surface area contributed by atoms with Gasteiger partial charge in [0.2, 0.25) is 0 Å². The standard InChI is InChI=1S/C22H18N2O4/c1-15-6-2-3-7-18(15)22(27)28-17-12-10-16(11-13-17)14-23-24-21(26)19-8-4-5-9-20(19)25/h2-14,25H,1H3,(H,24,26)/b23-14+. The highest BCUT2D eigenvalue weighted by Gasteiger charge is 2.11. The topological polar surface area (TPSA) is 88.0 Å². The van der Waals surface area contributed by atoms with Crippen LogP contribution >= 0.6 is 0 Å². The van der Waals surface area contributed by atoms with E-state index in [4.69, 9.17) is 4.74 Å². The Balaban J connectivity index is 1.59. The van der Waals surface area contributed by atoms with Gasteiger partial charge in [-0.25, -0.2) is 10.2 Å². The number of benzene rings is 3. The van der Waals surface area contributed by atoms with Crippen LogP contribution in [0.1, 0.15) is 31.8 Å². The lowest BCUT2D eigenvalue weighted by Crippen LogP contribution is -2.17. The number of nitrogens with one attached hydrogen (secondary N) is 1. The summed E-state index contributed by atoms with van der Waals surface area (Å²) in [6.07, 6.45) is 1.45. The zero-order valence-electron chi connectivity index (χ0n) is 15.1.